The van der Waals surface area contributed by atoms with Gasteiger partial charge in [0.25, 0.3) is 0 Å². The van der Waals surface area contributed by atoms with Gasteiger partial charge in [-0.1, -0.05) is 52.2 Å². The van der Waals surface area contributed by atoms with Crippen LogP contribution >= 0.6 is 0 Å². The van der Waals surface area contributed by atoms with E-state index >= 15 is 0 Å². The molecule has 2 nitrogen and oxygen atoms in total. The Bertz CT molecular complexity index is 358. The molecule has 0 fully saturated rings. The number of benzene rings is 1. The lowest BCUT2D eigenvalue weighted by molar-refractivity contribution is 0.305. The van der Waals surface area contributed by atoms with Crippen molar-refractivity contribution in [2.45, 2.75) is 71.8 Å². The highest BCUT2D eigenvalue weighted by Gasteiger charge is 2.06. The van der Waals surface area contributed by atoms with Crippen LogP contribution in [-0.2, 0) is 6.42 Å². The first kappa shape index (κ1) is 18.0. The average Bonchev–Trinajstić information content (AvgIpc) is 2.48. The molecule has 0 aliphatic carbocycles. The van der Waals surface area contributed by atoms with Crippen molar-refractivity contribution in [1.29, 1.82) is 0 Å². The summed E-state index contributed by atoms with van der Waals surface area (Å²) in [5.74, 6) is 1.57. The minimum atomic E-state index is 0.329. The molecule has 120 valence electrons. The van der Waals surface area contributed by atoms with Gasteiger partial charge in [0.1, 0.15) is 5.75 Å². The summed E-state index contributed by atoms with van der Waals surface area (Å²) in [6, 6.07) is 8.88. The van der Waals surface area contributed by atoms with Gasteiger partial charge in [0.05, 0.1) is 6.61 Å². The lowest BCUT2D eigenvalue weighted by atomic mass is 9.98. The maximum Gasteiger partial charge on any atom is 0.119 e. The summed E-state index contributed by atoms with van der Waals surface area (Å²) in [6.07, 6.45) is 8.38. The van der Waals surface area contributed by atoms with Gasteiger partial charge < -0.3 is 10.5 Å². The van der Waals surface area contributed by atoms with Crippen molar-refractivity contribution in [2.75, 3.05) is 6.61 Å². The Balaban J connectivity index is 2.21. The third-order valence-electron chi connectivity index (χ3n) is 4.05. The first-order chi connectivity index (χ1) is 10.1. The Morgan fingerprint density at radius 1 is 1.00 bits per heavy atom. The summed E-state index contributed by atoms with van der Waals surface area (Å²) in [4.78, 5) is 0. The van der Waals surface area contributed by atoms with Gasteiger partial charge in [-0.3, -0.25) is 0 Å². The molecule has 1 unspecified atom stereocenters. The van der Waals surface area contributed by atoms with Gasteiger partial charge in [0.15, 0.2) is 0 Å². The predicted molar refractivity (Wildman–Crippen MR) is 91.8 cm³/mol. The molecule has 0 saturated heterocycles. The molecule has 0 heterocycles. The molecule has 0 aliphatic heterocycles. The van der Waals surface area contributed by atoms with Crippen molar-refractivity contribution < 1.29 is 4.74 Å². The van der Waals surface area contributed by atoms with E-state index in [1.54, 1.807) is 0 Å². The van der Waals surface area contributed by atoms with Crippen LogP contribution in [0.25, 0.3) is 0 Å². The van der Waals surface area contributed by atoms with Gasteiger partial charge in [0.2, 0.25) is 0 Å². The van der Waals surface area contributed by atoms with Gasteiger partial charge in [-0.25, -0.2) is 0 Å². The first-order valence-corrected chi connectivity index (χ1v) is 8.60. The number of nitrogens with two attached hydrogens (primary N) is 1. The summed E-state index contributed by atoms with van der Waals surface area (Å²) in [5, 5.41) is 0. The lowest BCUT2D eigenvalue weighted by Gasteiger charge is -2.15. The van der Waals surface area contributed by atoms with E-state index in [0.29, 0.717) is 12.0 Å². The van der Waals surface area contributed by atoms with Crippen LogP contribution in [0.1, 0.15) is 64.9 Å². The Morgan fingerprint density at radius 3 is 2.33 bits per heavy atom. The lowest BCUT2D eigenvalue weighted by Crippen LogP contribution is -2.26. The van der Waals surface area contributed by atoms with E-state index in [0.717, 1.165) is 38.0 Å². The fourth-order valence-corrected chi connectivity index (χ4v) is 2.35. The fourth-order valence-electron chi connectivity index (χ4n) is 2.35. The minimum Gasteiger partial charge on any atom is -0.494 e. The zero-order valence-corrected chi connectivity index (χ0v) is 14.1. The summed E-state index contributed by atoms with van der Waals surface area (Å²) >= 11 is 0. The van der Waals surface area contributed by atoms with Crippen molar-refractivity contribution in [2.24, 2.45) is 11.7 Å². The number of unbranched alkanes of at least 4 members (excludes halogenated alkanes) is 3. The molecule has 1 aromatic carbocycles. The van der Waals surface area contributed by atoms with Crippen molar-refractivity contribution in [3.63, 3.8) is 0 Å². The summed E-state index contributed by atoms with van der Waals surface area (Å²) < 4.78 is 5.76. The van der Waals surface area contributed by atoms with Gasteiger partial charge >= 0.3 is 0 Å². The Labute approximate surface area is 131 Å². The van der Waals surface area contributed by atoms with Gasteiger partial charge in [0, 0.05) is 6.04 Å². The molecule has 2 N–H and O–H groups in total. The maximum absolute atomic E-state index is 6.07. The number of hydrogen-bond acceptors (Lipinski definition) is 2. The molecule has 21 heavy (non-hydrogen) atoms. The van der Waals surface area contributed by atoms with Crippen LogP contribution < -0.4 is 10.5 Å². The zero-order chi connectivity index (χ0) is 15.5. The van der Waals surface area contributed by atoms with Crippen molar-refractivity contribution in [1.82, 2.24) is 0 Å². The number of hydrogen-bond donors (Lipinski definition) is 1. The fraction of sp³-hybridized carbons (Fsp3) is 0.684. The van der Waals surface area contributed by atoms with Gasteiger partial charge in [-0.15, -0.1) is 0 Å². The van der Waals surface area contributed by atoms with Crippen molar-refractivity contribution in [3.05, 3.63) is 29.8 Å². The van der Waals surface area contributed by atoms with Crippen LogP contribution in [0.4, 0.5) is 0 Å². The molecule has 0 bridgehead atoms. The Morgan fingerprint density at radius 2 is 1.71 bits per heavy atom. The normalized spacial score (nSPS) is 12.6. The molecule has 0 saturated carbocycles. The highest BCUT2D eigenvalue weighted by Crippen LogP contribution is 2.15. The molecular weight excluding hydrogens is 258 g/mol. The van der Waals surface area contributed by atoms with Crippen LogP contribution in [0.2, 0.25) is 0 Å². The zero-order valence-electron chi connectivity index (χ0n) is 14.1. The average molecular weight is 291 g/mol. The minimum absolute atomic E-state index is 0.329. The molecule has 1 atom stereocenters. The quantitative estimate of drug-likeness (QED) is 0.585. The molecule has 0 spiro atoms. The van der Waals surface area contributed by atoms with E-state index in [1.807, 2.05) is 0 Å². The smallest absolute Gasteiger partial charge is 0.119 e. The van der Waals surface area contributed by atoms with Crippen LogP contribution in [0.5, 0.6) is 5.75 Å². The molecule has 1 aromatic rings. The molecular formula is C19H33NO. The molecule has 0 amide bonds. The third-order valence-corrected chi connectivity index (χ3v) is 4.05. The Hall–Kier alpha value is -1.02. The van der Waals surface area contributed by atoms with Crippen LogP contribution in [0.15, 0.2) is 24.3 Å². The molecule has 2 heteroatoms. The van der Waals surface area contributed by atoms with E-state index in [2.05, 4.69) is 45.0 Å². The SMILES string of the molecule is CCCCCCOc1ccc(CCCC(N)C(C)C)cc1. The maximum atomic E-state index is 6.07. The topological polar surface area (TPSA) is 35.2 Å². The van der Waals surface area contributed by atoms with E-state index in [-0.39, 0.29) is 0 Å². The predicted octanol–water partition coefficient (Wildman–Crippen LogP) is 4.95. The van der Waals surface area contributed by atoms with Crippen LogP contribution in [-0.4, -0.2) is 12.6 Å². The van der Waals surface area contributed by atoms with E-state index in [1.165, 1.54) is 24.8 Å². The Kier molecular flexibility index (Phi) is 9.16. The van der Waals surface area contributed by atoms with E-state index in [9.17, 15) is 0 Å². The number of ether oxygens (including phenoxy) is 1. The molecule has 1 rings (SSSR count). The standard InChI is InChI=1S/C19H33NO/c1-4-5-6-7-15-21-18-13-11-17(12-14-18)9-8-10-19(20)16(2)3/h11-14,16,19H,4-10,15,20H2,1-3H3. The highest BCUT2D eigenvalue weighted by molar-refractivity contribution is 5.27. The van der Waals surface area contributed by atoms with Crippen LogP contribution in [0.3, 0.4) is 0 Å². The monoisotopic (exact) mass is 291 g/mol. The second-order valence-corrected chi connectivity index (χ2v) is 6.35. The number of rotatable bonds is 11. The molecule has 0 aromatic heterocycles. The van der Waals surface area contributed by atoms with Gasteiger partial charge in [-0.2, -0.15) is 0 Å². The van der Waals surface area contributed by atoms with Crippen LogP contribution in [0, 0.1) is 5.92 Å². The second-order valence-electron chi connectivity index (χ2n) is 6.35. The summed E-state index contributed by atoms with van der Waals surface area (Å²) in [7, 11) is 0. The van der Waals surface area contributed by atoms with Gasteiger partial charge in [-0.05, 0) is 49.3 Å². The summed E-state index contributed by atoms with van der Waals surface area (Å²) in [6.45, 7) is 7.45. The molecule has 0 aliphatic rings. The van der Waals surface area contributed by atoms with Crippen molar-refractivity contribution >= 4 is 0 Å². The summed E-state index contributed by atoms with van der Waals surface area (Å²) in [5.41, 5.74) is 7.45. The van der Waals surface area contributed by atoms with E-state index < -0.39 is 0 Å². The second kappa shape index (κ2) is 10.7. The largest absolute Gasteiger partial charge is 0.494 e. The third kappa shape index (κ3) is 8.11. The molecule has 0 radical (unpaired) electrons. The van der Waals surface area contributed by atoms with Crippen molar-refractivity contribution in [3.8, 4) is 5.75 Å². The number of aryl methyl sites for hydroxylation is 1. The highest BCUT2D eigenvalue weighted by atomic mass is 16.5. The van der Waals surface area contributed by atoms with E-state index in [4.69, 9.17) is 10.5 Å². The first-order valence-electron chi connectivity index (χ1n) is 8.60.